The van der Waals surface area contributed by atoms with E-state index in [-0.39, 0.29) is 5.94 Å². The predicted octanol–water partition coefficient (Wildman–Crippen LogP) is 1.73. The van der Waals surface area contributed by atoms with E-state index in [1.165, 1.54) is 0 Å². The molecule has 0 aromatic heterocycles. The lowest BCUT2D eigenvalue weighted by Crippen LogP contribution is -1.98. The molecule has 0 saturated heterocycles. The molecule has 14 heavy (non-hydrogen) atoms. The minimum atomic E-state index is -2.67. The van der Waals surface area contributed by atoms with E-state index >= 15 is 0 Å². The Bertz CT molecular complexity index is 349. The van der Waals surface area contributed by atoms with E-state index in [4.69, 9.17) is 4.89 Å². The van der Waals surface area contributed by atoms with E-state index in [0.29, 0.717) is 4.90 Å². The normalized spacial score (nSPS) is 13.7. The predicted molar refractivity (Wildman–Crippen MR) is 53.4 cm³/mol. The van der Waals surface area contributed by atoms with Gasteiger partial charge in [-0.1, -0.05) is 17.7 Å². The summed E-state index contributed by atoms with van der Waals surface area (Å²) in [5.74, 6) is -0.255. The molecule has 0 radical (unpaired) electrons. The second-order valence-corrected chi connectivity index (χ2v) is 4.78. The Morgan fingerprint density at radius 2 is 2.00 bits per heavy atom. The van der Waals surface area contributed by atoms with Gasteiger partial charge in [0.1, 0.15) is 0 Å². The molecular weight excluding hydrogens is 223 g/mol. The summed E-state index contributed by atoms with van der Waals surface area (Å²) in [6, 6.07) is 7.07. The van der Waals surface area contributed by atoms with Gasteiger partial charge in [0, 0.05) is 9.46 Å². The molecule has 0 amide bonds. The van der Waals surface area contributed by atoms with Crippen LogP contribution in [0, 0.1) is 6.92 Å². The molecule has 0 saturated carbocycles. The van der Waals surface area contributed by atoms with Crippen LogP contribution in [-0.2, 0) is 19.9 Å². The summed E-state index contributed by atoms with van der Waals surface area (Å²) in [7, 11) is -4.05. The van der Waals surface area contributed by atoms with Crippen LogP contribution in [0.3, 0.4) is 0 Å². The van der Waals surface area contributed by atoms with Gasteiger partial charge in [0.05, 0.1) is 10.8 Å². The molecular formula is C8H10O4PS+. The topological polar surface area (TPSA) is 63.6 Å². The van der Waals surface area contributed by atoms with Gasteiger partial charge in [-0.3, -0.25) is 4.21 Å². The number of benzene rings is 1. The molecule has 1 rings (SSSR count). The SMILES string of the molecule is Cc1ccc([S@](=O)CO[P+](=O)O)cc1. The van der Waals surface area contributed by atoms with Crippen LogP contribution < -0.4 is 0 Å². The van der Waals surface area contributed by atoms with E-state index < -0.39 is 19.1 Å². The lowest BCUT2D eigenvalue weighted by atomic mass is 10.2. The quantitative estimate of drug-likeness (QED) is 0.804. The molecule has 0 aliphatic heterocycles. The first-order chi connectivity index (χ1) is 6.59. The van der Waals surface area contributed by atoms with E-state index in [2.05, 4.69) is 4.52 Å². The van der Waals surface area contributed by atoms with Crippen molar-refractivity contribution >= 4 is 19.1 Å². The smallest absolute Gasteiger partial charge is 0.252 e. The van der Waals surface area contributed by atoms with Crippen LogP contribution >= 0.6 is 8.25 Å². The zero-order chi connectivity index (χ0) is 10.6. The highest BCUT2D eigenvalue weighted by molar-refractivity contribution is 7.85. The lowest BCUT2D eigenvalue weighted by molar-refractivity contribution is 0.327. The number of rotatable bonds is 4. The molecule has 1 N–H and O–H groups in total. The molecule has 0 spiro atoms. The van der Waals surface area contributed by atoms with Crippen molar-refractivity contribution in [1.82, 2.24) is 0 Å². The standard InChI is InChI=1S/C8H9O4PS/c1-7-2-4-8(5-3-7)14(11)6-12-13(9)10/h2-5H,6H2,1H3/p+1/t14-/m1/s1. The second kappa shape index (κ2) is 5.32. The van der Waals surface area contributed by atoms with Crippen molar-refractivity contribution in [1.29, 1.82) is 0 Å². The molecule has 0 fully saturated rings. The molecule has 1 unspecified atom stereocenters. The first-order valence-electron chi connectivity index (χ1n) is 3.83. The third kappa shape index (κ3) is 3.64. The summed E-state index contributed by atoms with van der Waals surface area (Å²) >= 11 is 0. The first kappa shape index (κ1) is 11.5. The van der Waals surface area contributed by atoms with Gasteiger partial charge < -0.3 is 0 Å². The van der Waals surface area contributed by atoms with Gasteiger partial charge in [0.25, 0.3) is 0 Å². The van der Waals surface area contributed by atoms with Gasteiger partial charge in [-0.25, -0.2) is 0 Å². The maximum absolute atomic E-state index is 11.4. The molecule has 0 bridgehead atoms. The molecule has 1 aromatic carbocycles. The van der Waals surface area contributed by atoms with Crippen molar-refractivity contribution in [2.45, 2.75) is 11.8 Å². The minimum Gasteiger partial charge on any atom is -0.252 e. The van der Waals surface area contributed by atoms with E-state index in [1.54, 1.807) is 12.1 Å². The summed E-state index contributed by atoms with van der Waals surface area (Å²) in [6.07, 6.45) is 0. The number of hydrogen-bond acceptors (Lipinski definition) is 3. The highest BCUT2D eigenvalue weighted by Crippen LogP contribution is 2.17. The Morgan fingerprint density at radius 3 is 2.50 bits per heavy atom. The second-order valence-electron chi connectivity index (χ2n) is 2.64. The molecule has 0 heterocycles. The fourth-order valence-corrected chi connectivity index (χ4v) is 2.17. The Balaban J connectivity index is 2.61. The summed E-state index contributed by atoms with van der Waals surface area (Å²) in [6.45, 7) is 1.92. The Labute approximate surface area is 85.3 Å². The number of aryl methyl sites for hydroxylation is 1. The van der Waals surface area contributed by atoms with Crippen LogP contribution in [0.15, 0.2) is 29.2 Å². The molecule has 76 valence electrons. The first-order valence-corrected chi connectivity index (χ1v) is 6.28. The summed E-state index contributed by atoms with van der Waals surface area (Å²) in [4.78, 5) is 8.94. The maximum Gasteiger partial charge on any atom is 0.695 e. The molecule has 6 heteroatoms. The van der Waals surface area contributed by atoms with Crippen molar-refractivity contribution in [2.75, 3.05) is 5.94 Å². The third-order valence-electron chi connectivity index (χ3n) is 1.55. The highest BCUT2D eigenvalue weighted by atomic mass is 32.2. The Kier molecular flexibility index (Phi) is 4.35. The van der Waals surface area contributed by atoms with Crippen LogP contribution in [0.2, 0.25) is 0 Å². The summed E-state index contributed by atoms with van der Waals surface area (Å²) in [5.41, 5.74) is 1.07. The largest absolute Gasteiger partial charge is 0.695 e. The Morgan fingerprint density at radius 1 is 1.43 bits per heavy atom. The van der Waals surface area contributed by atoms with E-state index in [0.717, 1.165) is 5.56 Å². The van der Waals surface area contributed by atoms with Crippen molar-refractivity contribution in [3.05, 3.63) is 29.8 Å². The zero-order valence-corrected chi connectivity index (χ0v) is 9.25. The van der Waals surface area contributed by atoms with Gasteiger partial charge in [0.2, 0.25) is 0 Å². The molecule has 4 nitrogen and oxygen atoms in total. The maximum atomic E-state index is 11.4. The van der Waals surface area contributed by atoms with Gasteiger partial charge in [-0.2, -0.15) is 0 Å². The van der Waals surface area contributed by atoms with Crippen molar-refractivity contribution in [3.63, 3.8) is 0 Å². The molecule has 0 aliphatic carbocycles. The van der Waals surface area contributed by atoms with Crippen LogP contribution in [0.1, 0.15) is 5.56 Å². The van der Waals surface area contributed by atoms with Crippen LogP contribution in [-0.4, -0.2) is 15.0 Å². The van der Waals surface area contributed by atoms with Crippen LogP contribution in [0.4, 0.5) is 0 Å². The van der Waals surface area contributed by atoms with E-state index in [1.807, 2.05) is 19.1 Å². The monoisotopic (exact) mass is 233 g/mol. The molecule has 0 aliphatic rings. The fourth-order valence-electron chi connectivity index (χ4n) is 0.851. The summed E-state index contributed by atoms with van der Waals surface area (Å²) < 4.78 is 25.9. The van der Waals surface area contributed by atoms with Crippen molar-refractivity contribution < 1.29 is 18.2 Å². The average molecular weight is 233 g/mol. The van der Waals surface area contributed by atoms with Gasteiger partial charge in [-0.15, -0.1) is 9.42 Å². The van der Waals surface area contributed by atoms with Gasteiger partial charge in [0.15, 0.2) is 5.94 Å². The Hall–Kier alpha value is -0.610. The van der Waals surface area contributed by atoms with Crippen molar-refractivity contribution in [2.24, 2.45) is 0 Å². The summed E-state index contributed by atoms with van der Waals surface area (Å²) in [5, 5.41) is 0. The molecule has 2 atom stereocenters. The van der Waals surface area contributed by atoms with E-state index in [9.17, 15) is 8.77 Å². The van der Waals surface area contributed by atoms with Crippen LogP contribution in [0.5, 0.6) is 0 Å². The molecule has 1 aromatic rings. The lowest BCUT2D eigenvalue weighted by Gasteiger charge is -1.97. The third-order valence-corrected chi connectivity index (χ3v) is 3.21. The fraction of sp³-hybridized carbons (Fsp3) is 0.250. The van der Waals surface area contributed by atoms with Gasteiger partial charge in [-0.05, 0) is 19.1 Å². The van der Waals surface area contributed by atoms with Crippen LogP contribution in [0.25, 0.3) is 0 Å². The minimum absolute atomic E-state index is 0.255. The number of hydrogen-bond donors (Lipinski definition) is 1. The van der Waals surface area contributed by atoms with Gasteiger partial charge >= 0.3 is 8.25 Å². The highest BCUT2D eigenvalue weighted by Gasteiger charge is 2.15. The zero-order valence-electron chi connectivity index (χ0n) is 7.54. The van der Waals surface area contributed by atoms with Crippen molar-refractivity contribution in [3.8, 4) is 0 Å². The average Bonchev–Trinajstić information content (AvgIpc) is 2.15.